The van der Waals surface area contributed by atoms with Crippen molar-refractivity contribution in [1.82, 2.24) is 9.96 Å². The average Bonchev–Trinajstić information content (AvgIpc) is 3.05. The van der Waals surface area contributed by atoms with E-state index in [1.807, 2.05) is 0 Å². The highest BCUT2D eigenvalue weighted by molar-refractivity contribution is 7.88. The van der Waals surface area contributed by atoms with E-state index in [1.165, 1.54) is 0 Å². The van der Waals surface area contributed by atoms with Gasteiger partial charge in [-0.1, -0.05) is 5.16 Å². The predicted molar refractivity (Wildman–Crippen MR) is 76.2 cm³/mol. The minimum absolute atomic E-state index is 0.0744. The molecular weight excluding hydrogens is 314 g/mol. The Kier molecular flexibility index (Phi) is 3.89. The van der Waals surface area contributed by atoms with Crippen LogP contribution in [0.3, 0.4) is 0 Å². The third-order valence-corrected chi connectivity index (χ3v) is 4.63. The highest BCUT2D eigenvalue weighted by Crippen LogP contribution is 2.35. The van der Waals surface area contributed by atoms with Crippen molar-refractivity contribution < 1.29 is 23.3 Å². The Labute approximate surface area is 130 Å². The lowest BCUT2D eigenvalue weighted by atomic mass is 9.89. The number of hydrogen-bond acceptors (Lipinski definition) is 8. The first-order chi connectivity index (χ1) is 10.5. The number of carbonyl (C=O) groups is 2. The zero-order chi connectivity index (χ0) is 15.9. The number of hydroxylamine groups is 2. The molecule has 0 aromatic heterocycles. The fraction of sp³-hybridized carbons (Fsp3) is 0.727. The number of rotatable bonds is 5. The second kappa shape index (κ2) is 5.57. The third kappa shape index (κ3) is 2.20. The van der Waals surface area contributed by atoms with Crippen LogP contribution in [0.15, 0.2) is 5.16 Å². The quantitative estimate of drug-likeness (QED) is 0.563. The number of hydrogen-bond donors (Lipinski definition) is 3. The first-order valence-electron chi connectivity index (χ1n) is 6.85. The Balaban J connectivity index is 1.75. The van der Waals surface area contributed by atoms with Crippen molar-refractivity contribution in [2.24, 2.45) is 16.6 Å². The maximum absolute atomic E-state index is 12.3. The number of urea groups is 1. The van der Waals surface area contributed by atoms with Crippen LogP contribution in [0.1, 0.15) is 19.3 Å². The van der Waals surface area contributed by atoms with Crippen molar-refractivity contribution in [3.63, 3.8) is 0 Å². The third-order valence-electron chi connectivity index (χ3n) is 4.40. The zero-order valence-electron chi connectivity index (χ0n) is 11.7. The molecule has 0 saturated carbocycles. The van der Waals surface area contributed by atoms with Crippen LogP contribution < -0.4 is 11.5 Å². The van der Waals surface area contributed by atoms with Gasteiger partial charge in [0.25, 0.3) is 5.91 Å². The minimum atomic E-state index is -1.33. The molecule has 2 bridgehead atoms. The monoisotopic (exact) mass is 331 g/mol. The molecule has 3 atom stereocenters. The van der Waals surface area contributed by atoms with E-state index in [0.717, 1.165) is 5.06 Å². The number of nitrogens with zero attached hydrogens (tertiary/aromatic N) is 3. The van der Waals surface area contributed by atoms with Gasteiger partial charge in [0.05, 0.1) is 17.8 Å². The van der Waals surface area contributed by atoms with E-state index in [-0.39, 0.29) is 43.4 Å². The van der Waals surface area contributed by atoms with E-state index in [2.05, 4.69) is 5.16 Å². The van der Waals surface area contributed by atoms with Gasteiger partial charge in [-0.05, 0) is 12.8 Å². The Morgan fingerprint density at radius 2 is 2.36 bits per heavy atom. The number of fused-ring (bicyclic) bond motifs is 2. The number of nitrogens with two attached hydrogens (primary N) is 2. The Morgan fingerprint density at radius 3 is 2.95 bits per heavy atom. The number of primary amides is 1. The van der Waals surface area contributed by atoms with Crippen LogP contribution in [0.4, 0.5) is 4.79 Å². The van der Waals surface area contributed by atoms with Crippen LogP contribution in [-0.4, -0.2) is 62.9 Å². The molecule has 0 aromatic carbocycles. The molecule has 3 heterocycles. The number of amides is 3. The van der Waals surface area contributed by atoms with Crippen LogP contribution in [0.5, 0.6) is 0 Å². The summed E-state index contributed by atoms with van der Waals surface area (Å²) >= 11 is 0.138. The Morgan fingerprint density at radius 1 is 1.59 bits per heavy atom. The maximum Gasteiger partial charge on any atom is 0.345 e. The van der Waals surface area contributed by atoms with E-state index in [1.54, 1.807) is 4.90 Å². The normalized spacial score (nSPS) is 33.9. The van der Waals surface area contributed by atoms with Crippen LogP contribution >= 0.6 is 12.3 Å². The van der Waals surface area contributed by atoms with Gasteiger partial charge in [-0.15, -0.1) is 0 Å². The summed E-state index contributed by atoms with van der Waals surface area (Å²) < 4.78 is 13.7. The molecule has 0 aromatic rings. The molecule has 0 spiro atoms. The van der Waals surface area contributed by atoms with Crippen LogP contribution in [0.2, 0.25) is 0 Å². The van der Waals surface area contributed by atoms with Crippen molar-refractivity contribution in [3.05, 3.63) is 0 Å². The summed E-state index contributed by atoms with van der Waals surface area (Å²) in [6.07, 6.45) is 1.53. The van der Waals surface area contributed by atoms with Gasteiger partial charge < -0.3 is 25.8 Å². The van der Waals surface area contributed by atoms with Gasteiger partial charge in [0.15, 0.2) is 12.3 Å². The molecule has 3 rings (SSSR count). The lowest BCUT2D eigenvalue weighted by Crippen LogP contribution is -2.52. The van der Waals surface area contributed by atoms with Gasteiger partial charge in [-0.25, -0.2) is 4.79 Å². The summed E-state index contributed by atoms with van der Waals surface area (Å²) in [4.78, 5) is 30.6. The van der Waals surface area contributed by atoms with E-state index in [0.29, 0.717) is 25.1 Å². The largest absolute Gasteiger partial charge is 0.377 e. The van der Waals surface area contributed by atoms with Gasteiger partial charge in [-0.3, -0.25) is 4.79 Å². The molecule has 22 heavy (non-hydrogen) atoms. The topological polar surface area (TPSA) is 144 Å². The van der Waals surface area contributed by atoms with Gasteiger partial charge in [0.1, 0.15) is 0 Å². The summed E-state index contributed by atoms with van der Waals surface area (Å²) in [5, 5.41) is 5.11. The van der Waals surface area contributed by atoms with Crippen molar-refractivity contribution in [1.29, 1.82) is 0 Å². The van der Waals surface area contributed by atoms with E-state index in [9.17, 15) is 9.59 Å². The van der Waals surface area contributed by atoms with Gasteiger partial charge in [-0.2, -0.15) is 9.35 Å². The highest BCUT2D eigenvalue weighted by Gasteiger charge is 2.52. The van der Waals surface area contributed by atoms with E-state index >= 15 is 0 Å². The predicted octanol–water partition coefficient (Wildman–Crippen LogP) is -0.733. The molecule has 3 aliphatic rings. The summed E-state index contributed by atoms with van der Waals surface area (Å²) in [7, 11) is 0. The molecule has 0 radical (unpaired) electrons. The first-order valence-corrected chi connectivity index (χ1v) is 7.55. The molecule has 5 N–H and O–H groups in total. The van der Waals surface area contributed by atoms with Crippen LogP contribution in [0.25, 0.3) is 0 Å². The van der Waals surface area contributed by atoms with Crippen molar-refractivity contribution in [2.45, 2.75) is 36.9 Å². The zero-order valence-corrected chi connectivity index (χ0v) is 12.5. The lowest BCUT2D eigenvalue weighted by molar-refractivity contribution is -0.139. The SMILES string of the molecule is NCC1(C(N)=O)CC([C@@H]2CCC3CN2C(=O)N3OSO)=NO1. The molecule has 122 valence electrons. The highest BCUT2D eigenvalue weighted by atomic mass is 32.2. The van der Waals surface area contributed by atoms with Crippen LogP contribution in [0, 0.1) is 0 Å². The molecule has 2 unspecified atom stereocenters. The lowest BCUT2D eigenvalue weighted by Gasteiger charge is -2.30. The van der Waals surface area contributed by atoms with Gasteiger partial charge >= 0.3 is 6.03 Å². The molecule has 3 amide bonds. The number of piperidine rings is 1. The van der Waals surface area contributed by atoms with Gasteiger partial charge in [0, 0.05) is 19.5 Å². The summed E-state index contributed by atoms with van der Waals surface area (Å²) in [5.74, 6) is -0.670. The summed E-state index contributed by atoms with van der Waals surface area (Å²) in [6, 6.07) is -0.739. The second-order valence-corrected chi connectivity index (χ2v) is 5.87. The summed E-state index contributed by atoms with van der Waals surface area (Å²) in [5.41, 5.74) is 10.2. The number of oxime groups is 1. The van der Waals surface area contributed by atoms with Crippen molar-refractivity contribution >= 4 is 30.0 Å². The second-order valence-electron chi connectivity index (χ2n) is 5.57. The van der Waals surface area contributed by atoms with Gasteiger partial charge in [0.2, 0.25) is 5.60 Å². The van der Waals surface area contributed by atoms with Crippen molar-refractivity contribution in [3.8, 4) is 0 Å². The van der Waals surface area contributed by atoms with Crippen molar-refractivity contribution in [2.75, 3.05) is 13.1 Å². The smallest absolute Gasteiger partial charge is 0.345 e. The molecular formula is C11H17N5O5S. The molecule has 10 nitrogen and oxygen atoms in total. The fourth-order valence-corrected chi connectivity index (χ4v) is 3.39. The average molecular weight is 331 g/mol. The molecule has 3 aliphatic heterocycles. The molecule has 2 fully saturated rings. The molecule has 0 aliphatic carbocycles. The number of carbonyl (C=O) groups excluding carboxylic acids is 2. The van der Waals surface area contributed by atoms with Crippen LogP contribution in [-0.2, 0) is 13.9 Å². The standard InChI is InChI=1S/C11H17N5O5S/c12-5-11(9(13)17)3-7(14-20-11)8-2-1-6-4-15(8)10(18)16(6)21-22-19/h6,8,19H,1-5,12H2,(H2,13,17)/t6?,8-,11?/m0/s1. The molecule has 11 heteroatoms. The Hall–Kier alpha value is -1.56. The van der Waals surface area contributed by atoms with E-state index < -0.39 is 11.5 Å². The Bertz CT molecular complexity index is 531. The summed E-state index contributed by atoms with van der Waals surface area (Å²) in [6.45, 7) is 0.393. The fourth-order valence-electron chi connectivity index (χ4n) is 3.14. The maximum atomic E-state index is 12.3. The first kappa shape index (κ1) is 15.3. The van der Waals surface area contributed by atoms with E-state index in [4.69, 9.17) is 25.1 Å². The minimum Gasteiger partial charge on any atom is -0.377 e. The molecule has 2 saturated heterocycles.